The van der Waals surface area contributed by atoms with Gasteiger partial charge in [-0.2, -0.15) is 23.4 Å². The maximum absolute atomic E-state index is 14.0. The standard InChI is InChI=1S/C22H22BrF4N5O/c1-11-18(12(2)31(29-11)10-15-6-4-5-7-16(15)24)28-21(33)13(3)32-19(14-8-9-14)17(23)20(30-32)22(25,26)27/h4-7,13-14H,8-10H2,1-3H3,(H,28,33). The number of rotatable bonds is 6. The van der Waals surface area contributed by atoms with Crippen molar-refractivity contribution < 1.29 is 22.4 Å². The Morgan fingerprint density at radius 2 is 1.91 bits per heavy atom. The lowest BCUT2D eigenvalue weighted by Gasteiger charge is -2.16. The molecule has 1 aromatic carbocycles. The quantitative estimate of drug-likeness (QED) is 0.415. The van der Waals surface area contributed by atoms with Crippen molar-refractivity contribution in [1.29, 1.82) is 0 Å². The Morgan fingerprint density at radius 3 is 2.52 bits per heavy atom. The molecule has 1 fully saturated rings. The first-order valence-electron chi connectivity index (χ1n) is 10.4. The minimum Gasteiger partial charge on any atom is -0.321 e. The van der Waals surface area contributed by atoms with E-state index in [1.807, 2.05) is 0 Å². The predicted molar refractivity (Wildman–Crippen MR) is 117 cm³/mol. The molecule has 0 bridgehead atoms. The molecular formula is C22H22BrF4N5O. The molecule has 0 spiro atoms. The van der Waals surface area contributed by atoms with E-state index in [2.05, 4.69) is 31.4 Å². The van der Waals surface area contributed by atoms with E-state index in [0.29, 0.717) is 28.3 Å². The van der Waals surface area contributed by atoms with Crippen LogP contribution in [0.3, 0.4) is 0 Å². The van der Waals surface area contributed by atoms with Crippen molar-refractivity contribution in [1.82, 2.24) is 19.6 Å². The van der Waals surface area contributed by atoms with Gasteiger partial charge >= 0.3 is 6.18 Å². The molecule has 1 saturated carbocycles. The lowest BCUT2D eigenvalue weighted by molar-refractivity contribution is -0.142. The number of anilines is 1. The first-order chi connectivity index (χ1) is 15.5. The maximum Gasteiger partial charge on any atom is 0.436 e. The van der Waals surface area contributed by atoms with Crippen LogP contribution in [0.5, 0.6) is 0 Å². The highest BCUT2D eigenvalue weighted by Crippen LogP contribution is 2.47. The second kappa shape index (κ2) is 8.58. The van der Waals surface area contributed by atoms with E-state index < -0.39 is 23.8 Å². The van der Waals surface area contributed by atoms with Crippen molar-refractivity contribution in [3.05, 3.63) is 62.9 Å². The summed E-state index contributed by atoms with van der Waals surface area (Å²) in [5.41, 5.74) is 1.37. The number of hydrogen-bond donors (Lipinski definition) is 1. The van der Waals surface area contributed by atoms with Gasteiger partial charge in [0.25, 0.3) is 0 Å². The number of alkyl halides is 3. The van der Waals surface area contributed by atoms with Crippen molar-refractivity contribution in [2.24, 2.45) is 0 Å². The van der Waals surface area contributed by atoms with Crippen molar-refractivity contribution >= 4 is 27.5 Å². The molecular weight excluding hydrogens is 506 g/mol. The number of carbonyl (C=O) groups is 1. The monoisotopic (exact) mass is 527 g/mol. The van der Waals surface area contributed by atoms with Crippen molar-refractivity contribution in [3.8, 4) is 0 Å². The molecule has 4 rings (SSSR count). The van der Waals surface area contributed by atoms with Crippen LogP contribution in [0, 0.1) is 19.7 Å². The molecule has 1 aliphatic rings. The number of amides is 1. The fourth-order valence-electron chi connectivity index (χ4n) is 3.79. The van der Waals surface area contributed by atoms with Gasteiger partial charge in [0.2, 0.25) is 5.91 Å². The zero-order valence-electron chi connectivity index (χ0n) is 18.2. The molecule has 1 aliphatic carbocycles. The smallest absolute Gasteiger partial charge is 0.321 e. The van der Waals surface area contributed by atoms with E-state index in [9.17, 15) is 22.4 Å². The number of nitrogens with zero attached hydrogens (tertiary/aromatic N) is 4. The van der Waals surface area contributed by atoms with Crippen LogP contribution in [-0.2, 0) is 17.5 Å². The van der Waals surface area contributed by atoms with E-state index in [-0.39, 0.29) is 22.8 Å². The fraction of sp³-hybridized carbons (Fsp3) is 0.409. The molecule has 2 aromatic heterocycles. The van der Waals surface area contributed by atoms with Crippen molar-refractivity contribution in [2.45, 2.75) is 58.3 Å². The Kier molecular flexibility index (Phi) is 6.10. The van der Waals surface area contributed by atoms with Gasteiger partial charge in [-0.25, -0.2) is 4.39 Å². The zero-order chi connectivity index (χ0) is 24.1. The number of aromatic nitrogens is 4. The Morgan fingerprint density at radius 1 is 1.24 bits per heavy atom. The van der Waals surface area contributed by atoms with Crippen LogP contribution in [-0.4, -0.2) is 25.5 Å². The van der Waals surface area contributed by atoms with Crippen LogP contribution >= 0.6 is 15.9 Å². The summed E-state index contributed by atoms with van der Waals surface area (Å²) in [6, 6.07) is 5.35. The molecule has 0 saturated heterocycles. The Labute approximate surface area is 196 Å². The molecule has 0 aliphatic heterocycles. The SMILES string of the molecule is Cc1nn(Cc2ccccc2F)c(C)c1NC(=O)C(C)n1nc(C(F)(F)F)c(Br)c1C1CC1. The summed E-state index contributed by atoms with van der Waals surface area (Å²) in [6.07, 6.45) is -3.14. The van der Waals surface area contributed by atoms with E-state index in [4.69, 9.17) is 0 Å². The molecule has 6 nitrogen and oxygen atoms in total. The van der Waals surface area contributed by atoms with Gasteiger partial charge in [0, 0.05) is 11.5 Å². The van der Waals surface area contributed by atoms with Crippen LogP contribution in [0.25, 0.3) is 0 Å². The molecule has 2 heterocycles. The average molecular weight is 528 g/mol. The molecule has 1 N–H and O–H groups in total. The first-order valence-corrected chi connectivity index (χ1v) is 11.2. The van der Waals surface area contributed by atoms with Gasteiger partial charge in [-0.3, -0.25) is 14.2 Å². The highest BCUT2D eigenvalue weighted by atomic mass is 79.9. The zero-order valence-corrected chi connectivity index (χ0v) is 19.8. The Bertz CT molecular complexity index is 1210. The van der Waals surface area contributed by atoms with Gasteiger partial charge < -0.3 is 5.32 Å². The third-order valence-corrected chi connectivity index (χ3v) is 6.56. The minimum atomic E-state index is -4.63. The van der Waals surface area contributed by atoms with Gasteiger partial charge in [0.1, 0.15) is 11.9 Å². The first kappa shape index (κ1) is 23.5. The highest BCUT2D eigenvalue weighted by Gasteiger charge is 2.43. The number of hydrogen-bond acceptors (Lipinski definition) is 3. The summed E-state index contributed by atoms with van der Waals surface area (Å²) in [5, 5.41) is 10.9. The van der Waals surface area contributed by atoms with Gasteiger partial charge in [0.15, 0.2) is 5.69 Å². The average Bonchev–Trinajstić information content (AvgIpc) is 3.47. The molecule has 1 unspecified atom stereocenters. The molecule has 1 amide bonds. The molecule has 1 atom stereocenters. The summed E-state index contributed by atoms with van der Waals surface area (Å²) in [4.78, 5) is 13.0. The summed E-state index contributed by atoms with van der Waals surface area (Å²) in [6.45, 7) is 5.13. The lowest BCUT2D eigenvalue weighted by atomic mass is 10.2. The van der Waals surface area contributed by atoms with Crippen LogP contribution in [0.4, 0.5) is 23.2 Å². The molecule has 11 heteroatoms. The maximum atomic E-state index is 14.0. The topological polar surface area (TPSA) is 64.7 Å². The minimum absolute atomic E-state index is 0.0646. The normalized spacial score (nSPS) is 15.0. The number of benzene rings is 1. The second-order valence-corrected chi connectivity index (χ2v) is 9.02. The fourth-order valence-corrected chi connectivity index (χ4v) is 4.59. The second-order valence-electron chi connectivity index (χ2n) is 8.22. The van der Waals surface area contributed by atoms with Gasteiger partial charge in [-0.05, 0) is 55.6 Å². The summed E-state index contributed by atoms with van der Waals surface area (Å²) >= 11 is 3.05. The third kappa shape index (κ3) is 4.55. The van der Waals surface area contributed by atoms with E-state index in [1.165, 1.54) is 13.0 Å². The van der Waals surface area contributed by atoms with Crippen LogP contribution in [0.2, 0.25) is 0 Å². The van der Waals surface area contributed by atoms with Crippen LogP contribution in [0.1, 0.15) is 60.1 Å². The molecule has 176 valence electrons. The van der Waals surface area contributed by atoms with E-state index >= 15 is 0 Å². The summed E-state index contributed by atoms with van der Waals surface area (Å²) in [7, 11) is 0. The highest BCUT2D eigenvalue weighted by molar-refractivity contribution is 9.10. The number of aryl methyl sites for hydroxylation is 1. The number of halogens is 5. The van der Waals surface area contributed by atoms with Crippen LogP contribution < -0.4 is 5.32 Å². The van der Waals surface area contributed by atoms with Crippen molar-refractivity contribution in [3.63, 3.8) is 0 Å². The van der Waals surface area contributed by atoms with Gasteiger partial charge in [-0.15, -0.1) is 0 Å². The Hall–Kier alpha value is -2.69. The lowest BCUT2D eigenvalue weighted by Crippen LogP contribution is -2.26. The molecule has 3 aromatic rings. The Balaban J connectivity index is 1.59. The van der Waals surface area contributed by atoms with E-state index in [1.54, 1.807) is 36.7 Å². The van der Waals surface area contributed by atoms with Gasteiger partial charge in [-0.1, -0.05) is 18.2 Å². The third-order valence-electron chi connectivity index (χ3n) is 5.77. The summed E-state index contributed by atoms with van der Waals surface area (Å²) in [5.74, 6) is -0.941. The van der Waals surface area contributed by atoms with Gasteiger partial charge in [0.05, 0.1) is 33.8 Å². The van der Waals surface area contributed by atoms with Crippen LogP contribution in [0.15, 0.2) is 28.7 Å². The number of carbonyl (C=O) groups excluding carboxylic acids is 1. The van der Waals surface area contributed by atoms with Crippen molar-refractivity contribution in [2.75, 3.05) is 5.32 Å². The molecule has 0 radical (unpaired) electrons. The predicted octanol–water partition coefficient (Wildman–Crippen LogP) is 5.74. The molecule has 33 heavy (non-hydrogen) atoms. The largest absolute Gasteiger partial charge is 0.436 e. The number of nitrogens with one attached hydrogen (secondary N) is 1. The van der Waals surface area contributed by atoms with E-state index in [0.717, 1.165) is 17.5 Å². The summed E-state index contributed by atoms with van der Waals surface area (Å²) < 4.78 is 56.9.